The van der Waals surface area contributed by atoms with Crippen molar-refractivity contribution in [3.8, 4) is 0 Å². The van der Waals surface area contributed by atoms with Crippen molar-refractivity contribution in [2.45, 2.75) is 11.8 Å². The minimum absolute atomic E-state index is 0.112. The fraction of sp³-hybridized carbons (Fsp3) is 0.235. The molecule has 0 saturated carbocycles. The van der Waals surface area contributed by atoms with Gasteiger partial charge in [-0.05, 0) is 31.2 Å². The molecule has 0 spiro atoms. The van der Waals surface area contributed by atoms with Crippen molar-refractivity contribution in [1.82, 2.24) is 10.5 Å². The lowest BCUT2D eigenvalue weighted by Crippen LogP contribution is -2.27. The molecular formula is C17H21N3O4S. The van der Waals surface area contributed by atoms with Gasteiger partial charge in [-0.1, -0.05) is 24.3 Å². The molecule has 25 heavy (non-hydrogen) atoms. The third kappa shape index (κ3) is 4.56. The molecule has 0 bridgehead atoms. The summed E-state index contributed by atoms with van der Waals surface area (Å²) in [5.74, 6) is 0.286. The van der Waals surface area contributed by atoms with Crippen LogP contribution in [0.5, 0.6) is 0 Å². The SMILES string of the molecule is C=C(NOCCO)c1ccc(N(C)S(=O)(=O)c2ccc(C)cc2)nc1. The standard InChI is InChI=1S/C17H21N3O4S/c1-13-4-7-16(8-5-13)25(22,23)20(3)17-9-6-15(12-18-17)14(2)19-24-11-10-21/h4-9,12,19,21H,2,10-11H2,1,3H3. The van der Waals surface area contributed by atoms with Gasteiger partial charge < -0.3 is 5.11 Å². The minimum Gasteiger partial charge on any atom is -0.394 e. The van der Waals surface area contributed by atoms with E-state index in [0.29, 0.717) is 11.3 Å². The van der Waals surface area contributed by atoms with E-state index in [-0.39, 0.29) is 23.9 Å². The quantitative estimate of drug-likeness (QED) is 0.548. The molecule has 134 valence electrons. The van der Waals surface area contributed by atoms with Crippen molar-refractivity contribution < 1.29 is 18.4 Å². The van der Waals surface area contributed by atoms with Gasteiger partial charge in [0, 0.05) is 18.8 Å². The molecule has 1 aromatic carbocycles. The van der Waals surface area contributed by atoms with E-state index in [1.165, 1.54) is 13.2 Å². The van der Waals surface area contributed by atoms with Crippen molar-refractivity contribution in [2.24, 2.45) is 0 Å². The van der Waals surface area contributed by atoms with Gasteiger partial charge in [-0.2, -0.15) is 0 Å². The zero-order valence-electron chi connectivity index (χ0n) is 14.1. The second kappa shape index (κ2) is 8.11. The number of aromatic nitrogens is 1. The molecule has 2 N–H and O–H groups in total. The molecule has 8 heteroatoms. The number of aliphatic hydroxyl groups is 1. The molecule has 0 fully saturated rings. The monoisotopic (exact) mass is 363 g/mol. The van der Waals surface area contributed by atoms with Crippen LogP contribution in [0.2, 0.25) is 0 Å². The molecule has 0 amide bonds. The molecule has 2 aromatic rings. The van der Waals surface area contributed by atoms with E-state index in [2.05, 4.69) is 17.0 Å². The van der Waals surface area contributed by atoms with Gasteiger partial charge in [-0.3, -0.25) is 14.6 Å². The van der Waals surface area contributed by atoms with Crippen LogP contribution in [-0.4, -0.2) is 38.8 Å². The maximum absolute atomic E-state index is 12.6. The Labute approximate surface area is 147 Å². The normalized spacial score (nSPS) is 11.2. The van der Waals surface area contributed by atoms with Crippen LogP contribution < -0.4 is 9.79 Å². The van der Waals surface area contributed by atoms with Gasteiger partial charge >= 0.3 is 0 Å². The number of rotatable bonds is 8. The Morgan fingerprint density at radius 3 is 2.52 bits per heavy atom. The number of aliphatic hydroxyl groups excluding tert-OH is 1. The highest BCUT2D eigenvalue weighted by Gasteiger charge is 2.22. The number of nitrogens with zero attached hydrogens (tertiary/aromatic N) is 2. The van der Waals surface area contributed by atoms with Crippen LogP contribution in [0.25, 0.3) is 5.70 Å². The zero-order valence-corrected chi connectivity index (χ0v) is 15.0. The van der Waals surface area contributed by atoms with E-state index in [4.69, 9.17) is 9.94 Å². The molecule has 7 nitrogen and oxygen atoms in total. The minimum atomic E-state index is -3.68. The van der Waals surface area contributed by atoms with Crippen LogP contribution in [0.1, 0.15) is 11.1 Å². The van der Waals surface area contributed by atoms with E-state index in [1.54, 1.807) is 36.4 Å². The Balaban J connectivity index is 2.15. The summed E-state index contributed by atoms with van der Waals surface area (Å²) in [6.45, 7) is 5.70. The summed E-state index contributed by atoms with van der Waals surface area (Å²) in [6.07, 6.45) is 1.49. The number of pyridine rings is 1. The molecule has 0 atom stereocenters. The van der Waals surface area contributed by atoms with Crippen LogP contribution >= 0.6 is 0 Å². The molecule has 1 aromatic heterocycles. The van der Waals surface area contributed by atoms with Gasteiger partial charge in [0.25, 0.3) is 10.0 Å². The number of hydrogen-bond acceptors (Lipinski definition) is 6. The first-order chi connectivity index (χ1) is 11.9. The van der Waals surface area contributed by atoms with Gasteiger partial charge in [0.15, 0.2) is 0 Å². The van der Waals surface area contributed by atoms with E-state index in [1.807, 2.05) is 6.92 Å². The summed E-state index contributed by atoms with van der Waals surface area (Å²) < 4.78 is 26.4. The largest absolute Gasteiger partial charge is 0.394 e. The van der Waals surface area contributed by atoms with Gasteiger partial charge in [0.05, 0.1) is 23.8 Å². The maximum Gasteiger partial charge on any atom is 0.265 e. The highest BCUT2D eigenvalue weighted by Crippen LogP contribution is 2.21. The third-order valence-electron chi connectivity index (χ3n) is 3.49. The van der Waals surface area contributed by atoms with E-state index < -0.39 is 10.0 Å². The second-order valence-corrected chi connectivity index (χ2v) is 7.31. The number of hydroxylamine groups is 1. The summed E-state index contributed by atoms with van der Waals surface area (Å²) in [4.78, 5) is 9.35. The molecule has 0 radical (unpaired) electrons. The average molecular weight is 363 g/mol. The van der Waals surface area contributed by atoms with Gasteiger partial charge in [0.2, 0.25) is 0 Å². The van der Waals surface area contributed by atoms with E-state index >= 15 is 0 Å². The first kappa shape index (κ1) is 18.9. The topological polar surface area (TPSA) is 91.8 Å². The Hall–Kier alpha value is -2.42. The molecular weight excluding hydrogens is 342 g/mol. The molecule has 2 rings (SSSR count). The van der Waals surface area contributed by atoms with Gasteiger partial charge in [0.1, 0.15) is 5.82 Å². The van der Waals surface area contributed by atoms with Gasteiger partial charge in [-0.25, -0.2) is 13.4 Å². The maximum atomic E-state index is 12.6. The van der Waals surface area contributed by atoms with Crippen molar-refractivity contribution in [3.05, 3.63) is 60.3 Å². The highest BCUT2D eigenvalue weighted by atomic mass is 32.2. The van der Waals surface area contributed by atoms with E-state index in [0.717, 1.165) is 9.87 Å². The average Bonchev–Trinajstić information content (AvgIpc) is 2.61. The summed E-state index contributed by atoms with van der Waals surface area (Å²) in [5, 5.41) is 8.66. The Morgan fingerprint density at radius 2 is 1.96 bits per heavy atom. The van der Waals surface area contributed by atoms with Crippen LogP contribution in [0, 0.1) is 6.92 Å². The van der Waals surface area contributed by atoms with Gasteiger partial charge in [-0.15, -0.1) is 0 Å². The lowest BCUT2D eigenvalue weighted by atomic mass is 10.2. The van der Waals surface area contributed by atoms with E-state index in [9.17, 15) is 8.42 Å². The first-order valence-corrected chi connectivity index (χ1v) is 9.00. The van der Waals surface area contributed by atoms with Crippen molar-refractivity contribution in [1.29, 1.82) is 0 Å². The Morgan fingerprint density at radius 1 is 1.28 bits per heavy atom. The zero-order chi connectivity index (χ0) is 18.4. The number of nitrogens with one attached hydrogen (secondary N) is 1. The molecule has 1 heterocycles. The van der Waals surface area contributed by atoms with Crippen LogP contribution in [0.15, 0.2) is 54.1 Å². The number of hydrogen-bond donors (Lipinski definition) is 2. The highest BCUT2D eigenvalue weighted by molar-refractivity contribution is 7.92. The lowest BCUT2D eigenvalue weighted by molar-refractivity contribution is 0.0481. The Bertz CT molecular complexity index is 818. The predicted octanol–water partition coefficient (Wildman–Crippen LogP) is 1.70. The number of aryl methyl sites for hydroxylation is 1. The number of sulfonamides is 1. The molecule has 0 saturated heterocycles. The molecule has 0 aliphatic heterocycles. The second-order valence-electron chi connectivity index (χ2n) is 5.34. The van der Waals surface area contributed by atoms with Crippen molar-refractivity contribution >= 4 is 21.5 Å². The summed E-state index contributed by atoms with van der Waals surface area (Å²) >= 11 is 0. The fourth-order valence-electron chi connectivity index (χ4n) is 1.99. The molecule has 0 aliphatic carbocycles. The number of benzene rings is 1. The van der Waals surface area contributed by atoms with Crippen LogP contribution in [0.4, 0.5) is 5.82 Å². The Kier molecular flexibility index (Phi) is 6.13. The third-order valence-corrected chi connectivity index (χ3v) is 5.26. The number of anilines is 1. The van der Waals surface area contributed by atoms with Crippen LogP contribution in [0.3, 0.4) is 0 Å². The summed E-state index contributed by atoms with van der Waals surface area (Å²) in [5.41, 5.74) is 4.66. The summed E-state index contributed by atoms with van der Waals surface area (Å²) in [6, 6.07) is 9.90. The van der Waals surface area contributed by atoms with Crippen molar-refractivity contribution in [2.75, 3.05) is 24.6 Å². The summed E-state index contributed by atoms with van der Waals surface area (Å²) in [7, 11) is -2.23. The smallest absolute Gasteiger partial charge is 0.265 e. The van der Waals surface area contributed by atoms with Crippen molar-refractivity contribution in [3.63, 3.8) is 0 Å². The molecule has 0 aliphatic rings. The van der Waals surface area contributed by atoms with Crippen LogP contribution in [-0.2, 0) is 14.9 Å². The fourth-order valence-corrected chi connectivity index (χ4v) is 3.14. The molecule has 0 unspecified atom stereocenters. The lowest BCUT2D eigenvalue weighted by Gasteiger charge is -2.19. The predicted molar refractivity (Wildman–Crippen MR) is 96.2 cm³/mol. The first-order valence-electron chi connectivity index (χ1n) is 7.56.